The van der Waals surface area contributed by atoms with Gasteiger partial charge in [-0.3, -0.25) is 0 Å². The highest BCUT2D eigenvalue weighted by Crippen LogP contribution is 2.43. The predicted molar refractivity (Wildman–Crippen MR) is 76.0 cm³/mol. The van der Waals surface area contributed by atoms with Crippen molar-refractivity contribution in [2.24, 2.45) is 17.1 Å². The summed E-state index contributed by atoms with van der Waals surface area (Å²) in [5.74, 6) is 0.464. The van der Waals surface area contributed by atoms with Crippen molar-refractivity contribution in [3.05, 3.63) is 24.8 Å². The number of allylic oxidation sites excluding steroid dienone is 1. The number of rotatable bonds is 8. The van der Waals surface area contributed by atoms with Gasteiger partial charge in [0.2, 0.25) is 0 Å². The Bertz CT molecular complexity index is 260. The smallest absolute Gasteiger partial charge is 0.0922 e. The Morgan fingerprint density at radius 1 is 1.35 bits per heavy atom. The monoisotopic (exact) mass is 239 g/mol. The maximum atomic E-state index is 5.96. The Morgan fingerprint density at radius 2 is 1.94 bits per heavy atom. The van der Waals surface area contributed by atoms with Gasteiger partial charge in [0, 0.05) is 12.0 Å². The van der Waals surface area contributed by atoms with Gasteiger partial charge in [0.25, 0.3) is 0 Å². The van der Waals surface area contributed by atoms with Crippen molar-refractivity contribution in [1.29, 1.82) is 0 Å². The Labute approximate surface area is 107 Å². The molecule has 100 valence electrons. The minimum atomic E-state index is -0.383. The van der Waals surface area contributed by atoms with E-state index in [9.17, 15) is 0 Å². The first kappa shape index (κ1) is 16.4. The van der Waals surface area contributed by atoms with E-state index in [4.69, 9.17) is 10.5 Å². The third-order valence-corrected chi connectivity index (χ3v) is 3.88. The first-order valence-electron chi connectivity index (χ1n) is 6.53. The molecule has 17 heavy (non-hydrogen) atoms. The van der Waals surface area contributed by atoms with E-state index in [0.29, 0.717) is 19.1 Å². The number of hydrogen-bond acceptors (Lipinski definition) is 2. The predicted octanol–water partition coefficient (Wildman–Crippen LogP) is 3.53. The minimum absolute atomic E-state index is 0.0695. The van der Waals surface area contributed by atoms with Crippen LogP contribution >= 0.6 is 0 Å². The summed E-state index contributed by atoms with van der Waals surface area (Å²) >= 11 is 0. The fraction of sp³-hybridized carbons (Fsp3) is 0.733. The first-order chi connectivity index (χ1) is 7.88. The highest BCUT2D eigenvalue weighted by molar-refractivity contribution is 5.15. The molecule has 0 aromatic carbocycles. The summed E-state index contributed by atoms with van der Waals surface area (Å²) < 4.78 is 5.96. The van der Waals surface area contributed by atoms with E-state index in [2.05, 4.69) is 53.3 Å². The van der Waals surface area contributed by atoms with Crippen molar-refractivity contribution < 1.29 is 4.74 Å². The van der Waals surface area contributed by atoms with Crippen LogP contribution in [0.2, 0.25) is 0 Å². The number of nitrogens with two attached hydrogens (primary N) is 1. The normalized spacial score (nSPS) is 19.2. The van der Waals surface area contributed by atoms with Crippen LogP contribution in [0, 0.1) is 11.3 Å². The van der Waals surface area contributed by atoms with Crippen molar-refractivity contribution in [2.75, 3.05) is 13.2 Å². The summed E-state index contributed by atoms with van der Waals surface area (Å²) in [6, 6.07) is 0. The molecule has 0 radical (unpaired) electrons. The maximum Gasteiger partial charge on any atom is 0.0922 e. The fourth-order valence-corrected chi connectivity index (χ4v) is 2.00. The molecule has 2 atom stereocenters. The molecule has 2 heteroatoms. The van der Waals surface area contributed by atoms with Gasteiger partial charge < -0.3 is 10.5 Å². The number of ether oxygens (including phenoxy) is 1. The van der Waals surface area contributed by atoms with Gasteiger partial charge in [-0.15, -0.1) is 6.58 Å². The van der Waals surface area contributed by atoms with Gasteiger partial charge in [0.15, 0.2) is 0 Å². The van der Waals surface area contributed by atoms with E-state index in [1.165, 1.54) is 0 Å². The van der Waals surface area contributed by atoms with E-state index in [1.54, 1.807) is 0 Å². The molecule has 0 amide bonds. The molecule has 0 aromatic heterocycles. The maximum absolute atomic E-state index is 5.96. The van der Waals surface area contributed by atoms with Gasteiger partial charge in [-0.1, -0.05) is 45.9 Å². The van der Waals surface area contributed by atoms with Gasteiger partial charge in [0.1, 0.15) is 0 Å². The lowest BCUT2D eigenvalue weighted by Crippen LogP contribution is -2.47. The highest BCUT2D eigenvalue weighted by atomic mass is 16.5. The van der Waals surface area contributed by atoms with Crippen LogP contribution in [0.25, 0.3) is 0 Å². The van der Waals surface area contributed by atoms with Crippen LogP contribution in [0.15, 0.2) is 24.8 Å². The van der Waals surface area contributed by atoms with E-state index in [1.807, 2.05) is 6.08 Å². The van der Waals surface area contributed by atoms with Crippen LogP contribution < -0.4 is 5.73 Å². The van der Waals surface area contributed by atoms with Crippen LogP contribution in [0.4, 0.5) is 0 Å². The topological polar surface area (TPSA) is 35.2 Å². The first-order valence-corrected chi connectivity index (χ1v) is 6.53. The molecule has 0 bridgehead atoms. The van der Waals surface area contributed by atoms with Crippen LogP contribution in [0.3, 0.4) is 0 Å². The average Bonchev–Trinajstić information content (AvgIpc) is 2.32. The molecule has 0 heterocycles. The molecule has 0 saturated heterocycles. The van der Waals surface area contributed by atoms with E-state index < -0.39 is 0 Å². The van der Waals surface area contributed by atoms with Crippen molar-refractivity contribution in [3.8, 4) is 0 Å². The third-order valence-electron chi connectivity index (χ3n) is 3.88. The molecule has 1 unspecified atom stereocenters. The standard InChI is InChI=1S/C15H29NO/c1-7-9-10-14(5,13(3)4)15(6,8-2)17-12-11-16/h8-10,13H,2,7,11-12,16H2,1,3-6H3/b10-9-/t14-,15?/m1/s1. The molecule has 0 rings (SSSR count). The van der Waals surface area contributed by atoms with E-state index in [0.717, 1.165) is 6.42 Å². The summed E-state index contributed by atoms with van der Waals surface area (Å²) in [5, 5.41) is 0. The van der Waals surface area contributed by atoms with Crippen molar-refractivity contribution >= 4 is 0 Å². The lowest BCUT2D eigenvalue weighted by molar-refractivity contribution is -0.0767. The zero-order chi connectivity index (χ0) is 13.5. The molecular weight excluding hydrogens is 210 g/mol. The molecule has 0 spiro atoms. The second-order valence-corrected chi connectivity index (χ2v) is 5.20. The Morgan fingerprint density at radius 3 is 2.29 bits per heavy atom. The lowest BCUT2D eigenvalue weighted by atomic mass is 9.66. The molecule has 0 aliphatic heterocycles. The molecule has 0 aliphatic carbocycles. The zero-order valence-corrected chi connectivity index (χ0v) is 12.1. The van der Waals surface area contributed by atoms with Crippen molar-refractivity contribution in [1.82, 2.24) is 0 Å². The van der Waals surface area contributed by atoms with Gasteiger partial charge >= 0.3 is 0 Å². The molecule has 0 fully saturated rings. The fourth-order valence-electron chi connectivity index (χ4n) is 2.00. The SMILES string of the molecule is C=CC(C)(OCCN)[C@](C)(/C=C\CC)C(C)C. The summed E-state index contributed by atoms with van der Waals surface area (Å²) in [4.78, 5) is 0. The van der Waals surface area contributed by atoms with Gasteiger partial charge in [-0.2, -0.15) is 0 Å². The number of hydrogen-bond donors (Lipinski definition) is 1. The summed E-state index contributed by atoms with van der Waals surface area (Å²) in [5.41, 5.74) is 5.08. The van der Waals surface area contributed by atoms with E-state index in [-0.39, 0.29) is 11.0 Å². The van der Waals surface area contributed by atoms with Gasteiger partial charge in [-0.25, -0.2) is 0 Å². The Hall–Kier alpha value is -0.600. The lowest BCUT2D eigenvalue weighted by Gasteiger charge is -2.45. The molecule has 0 saturated carbocycles. The zero-order valence-electron chi connectivity index (χ0n) is 12.1. The summed E-state index contributed by atoms with van der Waals surface area (Å²) in [6.45, 7) is 15.9. The van der Waals surface area contributed by atoms with Crippen LogP contribution in [0.5, 0.6) is 0 Å². The van der Waals surface area contributed by atoms with Gasteiger partial charge in [0.05, 0.1) is 12.2 Å². The Kier molecular flexibility index (Phi) is 6.73. The summed E-state index contributed by atoms with van der Waals surface area (Å²) in [6.07, 6.45) is 7.40. The van der Waals surface area contributed by atoms with Gasteiger partial charge in [-0.05, 0) is 19.3 Å². The molecule has 2 nitrogen and oxygen atoms in total. The molecule has 0 aromatic rings. The summed E-state index contributed by atoms with van der Waals surface area (Å²) in [7, 11) is 0. The van der Waals surface area contributed by atoms with Crippen molar-refractivity contribution in [2.45, 2.75) is 46.6 Å². The quantitative estimate of drug-likeness (QED) is 0.658. The second-order valence-electron chi connectivity index (χ2n) is 5.20. The molecule has 0 aliphatic rings. The minimum Gasteiger partial charge on any atom is -0.369 e. The highest BCUT2D eigenvalue weighted by Gasteiger charge is 2.43. The molecule has 2 N–H and O–H groups in total. The van der Waals surface area contributed by atoms with Crippen LogP contribution in [0.1, 0.15) is 41.0 Å². The van der Waals surface area contributed by atoms with Crippen LogP contribution in [-0.2, 0) is 4.74 Å². The van der Waals surface area contributed by atoms with Crippen LogP contribution in [-0.4, -0.2) is 18.8 Å². The largest absolute Gasteiger partial charge is 0.369 e. The third kappa shape index (κ3) is 3.68. The Balaban J connectivity index is 5.23. The van der Waals surface area contributed by atoms with Crippen molar-refractivity contribution in [3.63, 3.8) is 0 Å². The second kappa shape index (κ2) is 6.97. The average molecular weight is 239 g/mol. The molecular formula is C15H29NO. The van der Waals surface area contributed by atoms with E-state index >= 15 is 0 Å².